The molecule has 0 bridgehead atoms. The Kier molecular flexibility index (Phi) is 15.7. The van der Waals surface area contributed by atoms with Crippen molar-refractivity contribution in [1.29, 1.82) is 0 Å². The number of H-pyrrole nitrogens is 1. The summed E-state index contributed by atoms with van der Waals surface area (Å²) in [6, 6.07) is 5.50. The number of halogens is 2. The Labute approximate surface area is 200 Å². The standard InChI is InChI=1S/C17H19N3O3S.2ClH.Mg.2H2O/c1-10-8-18-15(11(2)16(10)23-4)9-24(21)17-19-13-6-5-12(22-3)7-14(13)20-17;;;;;/h5-8H,9H2,1-4H3,(H,19,20);2*1H;;2*1H2/q;;;+2;;/p-2/t24-;;;;;/m0...../s1. The zero-order chi connectivity index (χ0) is 17.3. The minimum absolute atomic E-state index is 0. The molecule has 1 atom stereocenters. The van der Waals surface area contributed by atoms with Crippen LogP contribution >= 0.6 is 0 Å². The molecule has 5 N–H and O–H groups in total. The molecule has 0 saturated heterocycles. The van der Waals surface area contributed by atoms with Crippen molar-refractivity contribution in [3.8, 4) is 11.5 Å². The SMILES string of the molecule is COc1ccc2nc([S@@](=O)Cc3ncc(C)c(OC)c3C)[nH]c2c1.O.O.[Cl-].[Cl-].[Mg+2]. The fraction of sp³-hybridized carbons (Fsp3) is 0.294. The first-order valence-electron chi connectivity index (χ1n) is 7.44. The second-order valence-corrected chi connectivity index (χ2v) is 6.83. The first-order valence-corrected chi connectivity index (χ1v) is 8.76. The van der Waals surface area contributed by atoms with Crippen LogP contribution in [0.15, 0.2) is 29.6 Å². The summed E-state index contributed by atoms with van der Waals surface area (Å²) in [5.74, 6) is 1.79. The zero-order valence-electron chi connectivity index (χ0n) is 16.5. The Bertz CT molecular complexity index is 943. The normalized spacial score (nSPS) is 10.2. The maximum atomic E-state index is 12.7. The number of aromatic nitrogens is 3. The number of hydrogen-bond acceptors (Lipinski definition) is 5. The predicted octanol–water partition coefficient (Wildman–Crippen LogP) is -5.12. The van der Waals surface area contributed by atoms with E-state index in [0.29, 0.717) is 5.16 Å². The van der Waals surface area contributed by atoms with Gasteiger partial charge in [-0.15, -0.1) is 0 Å². The third-order valence-electron chi connectivity index (χ3n) is 3.90. The average Bonchev–Trinajstić information content (AvgIpc) is 3.01. The Morgan fingerprint density at radius 1 is 1.10 bits per heavy atom. The van der Waals surface area contributed by atoms with Gasteiger partial charge in [0.1, 0.15) is 11.5 Å². The van der Waals surface area contributed by atoms with E-state index in [-0.39, 0.29) is 64.6 Å². The smallest absolute Gasteiger partial charge is 1.00 e. The molecule has 1 aromatic carbocycles. The van der Waals surface area contributed by atoms with Crippen molar-refractivity contribution in [2.24, 2.45) is 0 Å². The Hall–Kier alpha value is -1.14. The summed E-state index contributed by atoms with van der Waals surface area (Å²) in [4.78, 5) is 11.9. The number of nitrogens with one attached hydrogen (secondary N) is 1. The van der Waals surface area contributed by atoms with Crippen LogP contribution < -0.4 is 34.3 Å². The van der Waals surface area contributed by atoms with E-state index in [1.807, 2.05) is 32.0 Å². The maximum absolute atomic E-state index is 12.7. The number of aromatic amines is 1. The summed E-state index contributed by atoms with van der Waals surface area (Å²) in [7, 11) is 1.91. The van der Waals surface area contributed by atoms with Gasteiger partial charge in [0.05, 0.1) is 47.5 Å². The van der Waals surface area contributed by atoms with Crippen LogP contribution in [0.5, 0.6) is 11.5 Å². The van der Waals surface area contributed by atoms with Gasteiger partial charge in [0.25, 0.3) is 0 Å². The summed E-state index contributed by atoms with van der Waals surface area (Å²) >= 11 is 0. The van der Waals surface area contributed by atoms with Crippen molar-refractivity contribution in [2.45, 2.75) is 24.8 Å². The molecule has 2 heterocycles. The van der Waals surface area contributed by atoms with E-state index in [2.05, 4.69) is 15.0 Å². The fourth-order valence-electron chi connectivity index (χ4n) is 2.61. The van der Waals surface area contributed by atoms with Crippen LogP contribution in [0.3, 0.4) is 0 Å². The van der Waals surface area contributed by atoms with E-state index in [9.17, 15) is 4.21 Å². The van der Waals surface area contributed by atoms with Gasteiger partial charge in [-0.25, -0.2) is 4.98 Å². The first-order chi connectivity index (χ1) is 11.5. The summed E-state index contributed by atoms with van der Waals surface area (Å²) < 4.78 is 23.3. The Morgan fingerprint density at radius 3 is 2.34 bits per heavy atom. The molecular weight excluding hydrogens is 453 g/mol. The Morgan fingerprint density at radius 2 is 1.76 bits per heavy atom. The van der Waals surface area contributed by atoms with Gasteiger partial charge in [0.2, 0.25) is 0 Å². The molecule has 0 aliphatic heterocycles. The quantitative estimate of drug-likeness (QED) is 0.367. The molecule has 0 spiro atoms. The molecule has 0 radical (unpaired) electrons. The first kappa shape index (κ1) is 32.5. The summed E-state index contributed by atoms with van der Waals surface area (Å²) in [6.45, 7) is 3.86. The van der Waals surface area contributed by atoms with Crippen molar-refractivity contribution in [3.63, 3.8) is 0 Å². The second kappa shape index (κ2) is 14.0. The monoisotopic (exact) mass is 475 g/mol. The van der Waals surface area contributed by atoms with E-state index in [0.717, 1.165) is 39.4 Å². The molecule has 0 amide bonds. The van der Waals surface area contributed by atoms with Gasteiger partial charge in [-0.05, 0) is 26.0 Å². The number of pyridine rings is 1. The fourth-order valence-corrected chi connectivity index (χ4v) is 3.71. The Balaban J connectivity index is -0.00000135. The molecular formula is C17H23Cl2MgN3O5S. The maximum Gasteiger partial charge on any atom is 2.00 e. The van der Waals surface area contributed by atoms with E-state index in [4.69, 9.17) is 9.47 Å². The topological polar surface area (TPSA) is 140 Å². The van der Waals surface area contributed by atoms with Crippen molar-refractivity contribution in [3.05, 3.63) is 41.2 Å². The molecule has 158 valence electrons. The minimum atomic E-state index is -1.33. The summed E-state index contributed by atoms with van der Waals surface area (Å²) in [5, 5.41) is 0.430. The van der Waals surface area contributed by atoms with E-state index >= 15 is 0 Å². The molecule has 3 rings (SSSR count). The number of nitrogens with zero attached hydrogens (tertiary/aromatic N) is 2. The van der Waals surface area contributed by atoms with Gasteiger partial charge in [-0.1, -0.05) is 0 Å². The van der Waals surface area contributed by atoms with Crippen molar-refractivity contribution < 1.29 is 49.4 Å². The van der Waals surface area contributed by atoms with Crippen molar-refractivity contribution >= 4 is 44.9 Å². The number of aryl methyl sites for hydroxylation is 1. The van der Waals surface area contributed by atoms with Gasteiger partial charge in [-0.2, -0.15) is 0 Å². The van der Waals surface area contributed by atoms with Gasteiger partial charge in [0.15, 0.2) is 5.16 Å². The van der Waals surface area contributed by atoms with Gasteiger partial charge >= 0.3 is 23.1 Å². The van der Waals surface area contributed by atoms with E-state index < -0.39 is 10.8 Å². The zero-order valence-corrected chi connectivity index (χ0v) is 20.2. The van der Waals surface area contributed by atoms with Crippen LogP contribution in [0.2, 0.25) is 0 Å². The van der Waals surface area contributed by atoms with Crippen LogP contribution in [0.25, 0.3) is 11.0 Å². The summed E-state index contributed by atoms with van der Waals surface area (Å²) in [5.41, 5.74) is 4.16. The number of methoxy groups -OCH3 is 2. The molecule has 12 heteroatoms. The number of imidazole rings is 1. The van der Waals surface area contributed by atoms with Crippen LogP contribution in [0, 0.1) is 13.8 Å². The van der Waals surface area contributed by atoms with Crippen LogP contribution in [0.1, 0.15) is 16.8 Å². The minimum Gasteiger partial charge on any atom is -1.00 e. The number of ether oxygens (including phenoxy) is 2. The van der Waals surface area contributed by atoms with Gasteiger partial charge in [-0.3, -0.25) is 9.19 Å². The van der Waals surface area contributed by atoms with Crippen LogP contribution in [-0.4, -0.2) is 67.4 Å². The van der Waals surface area contributed by atoms with Crippen LogP contribution in [-0.2, 0) is 16.6 Å². The molecule has 0 unspecified atom stereocenters. The number of benzene rings is 1. The number of hydrogen-bond donors (Lipinski definition) is 1. The molecule has 0 fully saturated rings. The largest absolute Gasteiger partial charge is 2.00 e. The second-order valence-electron chi connectivity index (χ2n) is 5.46. The molecule has 0 saturated carbocycles. The molecule has 29 heavy (non-hydrogen) atoms. The van der Waals surface area contributed by atoms with E-state index in [1.54, 1.807) is 20.4 Å². The van der Waals surface area contributed by atoms with Gasteiger partial charge in [0, 0.05) is 23.4 Å². The average molecular weight is 477 g/mol. The number of fused-ring (bicyclic) bond motifs is 1. The molecule has 0 aliphatic carbocycles. The molecule has 2 aromatic heterocycles. The van der Waals surface area contributed by atoms with Gasteiger partial charge < -0.3 is 50.2 Å². The third-order valence-corrected chi connectivity index (χ3v) is 5.06. The molecule has 3 aromatic rings. The molecule has 0 aliphatic rings. The summed E-state index contributed by atoms with van der Waals surface area (Å²) in [6.07, 6.45) is 1.74. The molecule has 8 nitrogen and oxygen atoms in total. The van der Waals surface area contributed by atoms with E-state index in [1.165, 1.54) is 0 Å². The third kappa shape index (κ3) is 6.95. The number of rotatable bonds is 5. The van der Waals surface area contributed by atoms with Crippen molar-refractivity contribution in [2.75, 3.05) is 14.2 Å². The van der Waals surface area contributed by atoms with Crippen molar-refractivity contribution in [1.82, 2.24) is 15.0 Å². The van der Waals surface area contributed by atoms with Crippen LogP contribution in [0.4, 0.5) is 0 Å². The predicted molar refractivity (Wildman–Crippen MR) is 106 cm³/mol.